The highest BCUT2D eigenvalue weighted by molar-refractivity contribution is 6.30. The number of hydrogen-bond donors (Lipinski definition) is 1. The van der Waals surface area contributed by atoms with E-state index in [1.807, 2.05) is 36.4 Å². The molecule has 1 fully saturated rings. The predicted octanol–water partition coefficient (Wildman–Crippen LogP) is 6.83. The van der Waals surface area contributed by atoms with Crippen LogP contribution in [-0.2, 0) is 0 Å². The first-order valence-corrected chi connectivity index (χ1v) is 12.5. The van der Waals surface area contributed by atoms with Gasteiger partial charge in [0, 0.05) is 28.1 Å². The summed E-state index contributed by atoms with van der Waals surface area (Å²) in [4.78, 5) is 13.1. The van der Waals surface area contributed by atoms with Crippen molar-refractivity contribution in [3.8, 4) is 34.1 Å². The van der Waals surface area contributed by atoms with E-state index in [4.69, 9.17) is 30.2 Å². The molecule has 2 heterocycles. The van der Waals surface area contributed by atoms with Gasteiger partial charge in [-0.05, 0) is 79.9 Å². The summed E-state index contributed by atoms with van der Waals surface area (Å²) >= 11 is 6.01. The Morgan fingerprint density at radius 1 is 0.972 bits per heavy atom. The summed E-state index contributed by atoms with van der Waals surface area (Å²) in [5.41, 5.74) is 1.28. The lowest BCUT2D eigenvalue weighted by Gasteiger charge is -2.23. The van der Waals surface area contributed by atoms with Crippen LogP contribution in [-0.4, -0.2) is 26.3 Å². The number of ether oxygens (including phenoxy) is 3. The minimum absolute atomic E-state index is 0.104. The lowest BCUT2D eigenvalue weighted by Crippen LogP contribution is -2.35. The van der Waals surface area contributed by atoms with Gasteiger partial charge in [0.1, 0.15) is 22.8 Å². The first kappa shape index (κ1) is 24.2. The third kappa shape index (κ3) is 5.50. The van der Waals surface area contributed by atoms with Crippen LogP contribution in [0.5, 0.6) is 23.0 Å². The smallest absolute Gasteiger partial charge is 0.380 e. The first-order chi connectivity index (χ1) is 17.6. The Bertz CT molecular complexity index is 1380. The molecule has 186 valence electrons. The molecule has 36 heavy (non-hydrogen) atoms. The van der Waals surface area contributed by atoms with Gasteiger partial charge in [0.25, 0.3) is 0 Å². The maximum absolute atomic E-state index is 13.1. The number of hydrogen-bond acceptors (Lipinski definition) is 6. The van der Waals surface area contributed by atoms with Crippen LogP contribution < -0.4 is 25.2 Å². The molecule has 1 saturated heterocycles. The third-order valence-corrected chi connectivity index (χ3v) is 6.65. The maximum atomic E-state index is 13.1. The molecule has 0 spiro atoms. The Kier molecular flexibility index (Phi) is 7.44. The Morgan fingerprint density at radius 3 is 2.44 bits per heavy atom. The van der Waals surface area contributed by atoms with Crippen LogP contribution in [0.3, 0.4) is 0 Å². The Hall–Kier alpha value is -3.48. The van der Waals surface area contributed by atoms with E-state index in [0.717, 1.165) is 29.7 Å². The highest BCUT2D eigenvalue weighted by Crippen LogP contribution is 2.38. The van der Waals surface area contributed by atoms with Gasteiger partial charge in [0.2, 0.25) is 5.75 Å². The molecule has 5 rings (SSSR count). The SMILES string of the molecule is COc1ccc2c(-c3ccc(OCCC4CCCCN4)cc3)c(Oc3ccc(Cl)cc3)c(=O)oc2c1. The molecule has 6 nitrogen and oxygen atoms in total. The molecule has 1 aromatic heterocycles. The van der Waals surface area contributed by atoms with E-state index in [9.17, 15) is 4.79 Å². The summed E-state index contributed by atoms with van der Waals surface area (Å²) in [5.74, 6) is 1.96. The fourth-order valence-corrected chi connectivity index (χ4v) is 4.62. The molecule has 1 atom stereocenters. The number of rotatable bonds is 8. The molecule has 4 aromatic rings. The van der Waals surface area contributed by atoms with Crippen molar-refractivity contribution in [3.63, 3.8) is 0 Å². The largest absolute Gasteiger partial charge is 0.497 e. The van der Waals surface area contributed by atoms with Gasteiger partial charge in [-0.2, -0.15) is 0 Å². The van der Waals surface area contributed by atoms with Crippen LogP contribution in [0, 0.1) is 0 Å². The fraction of sp³-hybridized carbons (Fsp3) is 0.276. The van der Waals surface area contributed by atoms with E-state index in [1.165, 1.54) is 19.3 Å². The third-order valence-electron chi connectivity index (χ3n) is 6.40. The molecule has 0 radical (unpaired) electrons. The number of piperidine rings is 1. The van der Waals surface area contributed by atoms with Crippen molar-refractivity contribution in [1.82, 2.24) is 5.32 Å². The van der Waals surface area contributed by atoms with Crippen molar-refractivity contribution in [2.45, 2.75) is 31.7 Å². The number of fused-ring (bicyclic) bond motifs is 1. The predicted molar refractivity (Wildman–Crippen MR) is 142 cm³/mol. The van der Waals surface area contributed by atoms with Crippen LogP contribution in [0.1, 0.15) is 25.7 Å². The van der Waals surface area contributed by atoms with Crippen molar-refractivity contribution in [3.05, 3.63) is 82.2 Å². The average molecular weight is 506 g/mol. The van der Waals surface area contributed by atoms with Crippen LogP contribution in [0.25, 0.3) is 22.1 Å². The number of methoxy groups -OCH3 is 1. The van der Waals surface area contributed by atoms with Crippen molar-refractivity contribution >= 4 is 22.6 Å². The van der Waals surface area contributed by atoms with Crippen molar-refractivity contribution in [2.24, 2.45) is 0 Å². The highest BCUT2D eigenvalue weighted by Gasteiger charge is 2.20. The molecule has 1 aliphatic rings. The van der Waals surface area contributed by atoms with Crippen molar-refractivity contribution in [1.29, 1.82) is 0 Å². The second-order valence-electron chi connectivity index (χ2n) is 8.82. The molecule has 3 aromatic carbocycles. The summed E-state index contributed by atoms with van der Waals surface area (Å²) in [7, 11) is 1.57. The van der Waals surface area contributed by atoms with Gasteiger partial charge in [0.05, 0.1) is 13.7 Å². The zero-order chi connectivity index (χ0) is 24.9. The van der Waals surface area contributed by atoms with E-state index >= 15 is 0 Å². The second-order valence-corrected chi connectivity index (χ2v) is 9.26. The normalized spacial score (nSPS) is 15.6. The molecule has 0 aliphatic carbocycles. The van der Waals surface area contributed by atoms with Crippen molar-refractivity contribution < 1.29 is 18.6 Å². The first-order valence-electron chi connectivity index (χ1n) is 12.2. The van der Waals surface area contributed by atoms with Gasteiger partial charge in [-0.1, -0.05) is 30.2 Å². The molecule has 7 heteroatoms. The maximum Gasteiger partial charge on any atom is 0.380 e. The van der Waals surface area contributed by atoms with Gasteiger partial charge < -0.3 is 23.9 Å². The van der Waals surface area contributed by atoms with E-state index in [-0.39, 0.29) is 5.75 Å². The molecule has 1 aliphatic heterocycles. The monoisotopic (exact) mass is 505 g/mol. The molecule has 0 bridgehead atoms. The minimum Gasteiger partial charge on any atom is -0.497 e. The summed E-state index contributed by atoms with van der Waals surface area (Å²) in [6.45, 7) is 1.74. The van der Waals surface area contributed by atoms with Gasteiger partial charge in [-0.15, -0.1) is 0 Å². The topological polar surface area (TPSA) is 69.9 Å². The lowest BCUT2D eigenvalue weighted by atomic mass is 10.0. The number of halogens is 1. The molecular formula is C29H28ClNO5. The van der Waals surface area contributed by atoms with E-state index in [1.54, 1.807) is 37.4 Å². The zero-order valence-corrected chi connectivity index (χ0v) is 20.8. The van der Waals surface area contributed by atoms with Crippen LogP contribution in [0.15, 0.2) is 75.9 Å². The van der Waals surface area contributed by atoms with E-state index in [2.05, 4.69) is 5.32 Å². The average Bonchev–Trinajstić information content (AvgIpc) is 2.91. The lowest BCUT2D eigenvalue weighted by molar-refractivity contribution is 0.268. The Balaban J connectivity index is 1.46. The van der Waals surface area contributed by atoms with E-state index in [0.29, 0.717) is 40.3 Å². The molecule has 0 saturated carbocycles. The van der Waals surface area contributed by atoms with Crippen LogP contribution >= 0.6 is 11.6 Å². The summed E-state index contributed by atoms with van der Waals surface area (Å²) < 4.78 is 23.0. The second kappa shape index (κ2) is 11.1. The number of benzene rings is 3. The highest BCUT2D eigenvalue weighted by atomic mass is 35.5. The van der Waals surface area contributed by atoms with Crippen LogP contribution in [0.2, 0.25) is 5.02 Å². The molecule has 1 N–H and O–H groups in total. The zero-order valence-electron chi connectivity index (χ0n) is 20.1. The van der Waals surface area contributed by atoms with Gasteiger partial charge in [0.15, 0.2) is 0 Å². The van der Waals surface area contributed by atoms with Crippen LogP contribution in [0.4, 0.5) is 0 Å². The minimum atomic E-state index is -0.582. The van der Waals surface area contributed by atoms with E-state index < -0.39 is 5.63 Å². The molecule has 0 amide bonds. The van der Waals surface area contributed by atoms with Gasteiger partial charge in [-0.3, -0.25) is 0 Å². The summed E-state index contributed by atoms with van der Waals surface area (Å²) in [6.07, 6.45) is 4.71. The fourth-order valence-electron chi connectivity index (χ4n) is 4.50. The van der Waals surface area contributed by atoms with Gasteiger partial charge >= 0.3 is 5.63 Å². The van der Waals surface area contributed by atoms with Crippen molar-refractivity contribution in [2.75, 3.05) is 20.3 Å². The Morgan fingerprint density at radius 2 is 1.72 bits per heavy atom. The summed E-state index contributed by atoms with van der Waals surface area (Å²) in [6, 6.07) is 20.4. The summed E-state index contributed by atoms with van der Waals surface area (Å²) in [5, 5.41) is 4.86. The molecule has 1 unspecified atom stereocenters. The quantitative estimate of drug-likeness (QED) is 0.265. The number of nitrogens with one attached hydrogen (secondary N) is 1. The van der Waals surface area contributed by atoms with Gasteiger partial charge in [-0.25, -0.2) is 4.79 Å². The standard InChI is InChI=1S/C29H28ClNO5/c1-33-24-13-14-25-26(18-24)36-29(32)28(35-23-11-7-20(30)8-12-23)27(25)19-5-9-22(10-6-19)34-17-15-21-4-2-3-16-31-21/h5-14,18,21,31H,2-4,15-17H2,1H3. The Labute approximate surface area is 214 Å². The molecular weight excluding hydrogens is 478 g/mol.